The summed E-state index contributed by atoms with van der Waals surface area (Å²) < 4.78 is 23.4. The molecule has 2 aromatic rings. The van der Waals surface area contributed by atoms with Crippen LogP contribution in [-0.4, -0.2) is 19.3 Å². The van der Waals surface area contributed by atoms with Gasteiger partial charge in [0.15, 0.2) is 5.75 Å². The number of benzene rings is 1. The van der Waals surface area contributed by atoms with Gasteiger partial charge in [0.05, 0.1) is 11.5 Å². The van der Waals surface area contributed by atoms with E-state index in [1.165, 1.54) is 22.3 Å². The lowest BCUT2D eigenvalue weighted by atomic mass is 10.1. The molecule has 0 saturated heterocycles. The van der Waals surface area contributed by atoms with Gasteiger partial charge in [-0.2, -0.15) is 0 Å². The summed E-state index contributed by atoms with van der Waals surface area (Å²) in [7, 11) is 0. The molecular formula is C32H44O5. The van der Waals surface area contributed by atoms with Crippen molar-refractivity contribution in [2.24, 2.45) is 0 Å². The zero-order chi connectivity index (χ0) is 27.4. The van der Waals surface area contributed by atoms with Gasteiger partial charge in [0.2, 0.25) is 5.75 Å². The van der Waals surface area contributed by atoms with Crippen LogP contribution in [0.15, 0.2) is 74.0 Å². The zero-order valence-corrected chi connectivity index (χ0v) is 23.9. The van der Waals surface area contributed by atoms with Crippen LogP contribution in [0.2, 0.25) is 0 Å². The van der Waals surface area contributed by atoms with Gasteiger partial charge in [-0.3, -0.25) is 0 Å². The maximum absolute atomic E-state index is 12.9. The monoisotopic (exact) mass is 508 g/mol. The zero-order valence-electron chi connectivity index (χ0n) is 23.9. The molecule has 1 heterocycles. The Balaban J connectivity index is 2.18. The van der Waals surface area contributed by atoms with Crippen molar-refractivity contribution in [2.45, 2.75) is 87.2 Å². The van der Waals surface area contributed by atoms with Crippen molar-refractivity contribution < 1.29 is 18.6 Å². The first kappa shape index (κ1) is 30.0. The van der Waals surface area contributed by atoms with Crippen LogP contribution < -0.4 is 19.8 Å². The fourth-order valence-electron chi connectivity index (χ4n) is 3.63. The molecule has 0 amide bonds. The number of hydrogen-bond acceptors (Lipinski definition) is 5. The van der Waals surface area contributed by atoms with Crippen molar-refractivity contribution in [3.8, 4) is 17.2 Å². The molecule has 0 unspecified atom stereocenters. The highest BCUT2D eigenvalue weighted by atomic mass is 16.5. The third-order valence-corrected chi connectivity index (χ3v) is 5.67. The Morgan fingerprint density at radius 1 is 0.811 bits per heavy atom. The van der Waals surface area contributed by atoms with E-state index in [9.17, 15) is 4.79 Å². The van der Waals surface area contributed by atoms with E-state index in [-0.39, 0.29) is 18.5 Å². The molecule has 2 rings (SSSR count). The molecule has 0 bridgehead atoms. The third kappa shape index (κ3) is 10.7. The highest BCUT2D eigenvalue weighted by Gasteiger charge is 2.19. The van der Waals surface area contributed by atoms with Crippen LogP contribution >= 0.6 is 0 Å². The highest BCUT2D eigenvalue weighted by Crippen LogP contribution is 2.35. The molecular weight excluding hydrogens is 464 g/mol. The second-order valence-electron chi connectivity index (χ2n) is 10.2. The van der Waals surface area contributed by atoms with Gasteiger partial charge in [0.1, 0.15) is 24.5 Å². The van der Waals surface area contributed by atoms with Crippen LogP contribution in [0.4, 0.5) is 0 Å². The summed E-state index contributed by atoms with van der Waals surface area (Å²) in [5.74, 6) is 1.12. The number of hydrogen-bond donors (Lipinski definition) is 0. The molecule has 5 nitrogen and oxygen atoms in total. The third-order valence-electron chi connectivity index (χ3n) is 5.67. The maximum Gasteiger partial charge on any atom is 0.383 e. The minimum atomic E-state index is -0.564. The average molecular weight is 509 g/mol. The Morgan fingerprint density at radius 3 is 1.92 bits per heavy atom. The normalized spacial score (nSPS) is 12.0. The van der Waals surface area contributed by atoms with Crippen LogP contribution in [0, 0.1) is 0 Å². The number of fused-ring (bicyclic) bond motifs is 1. The summed E-state index contributed by atoms with van der Waals surface area (Å²) >= 11 is 0. The Morgan fingerprint density at radius 2 is 1.38 bits per heavy atom. The minimum absolute atomic E-state index is 0.0955. The number of ether oxygens (including phenoxy) is 3. The Hall–Kier alpha value is -3.21. The molecule has 0 fully saturated rings. The van der Waals surface area contributed by atoms with E-state index in [0.29, 0.717) is 29.1 Å². The quantitative estimate of drug-likeness (QED) is 0.189. The highest BCUT2D eigenvalue weighted by molar-refractivity contribution is 5.86. The summed E-state index contributed by atoms with van der Waals surface area (Å²) in [5, 5.41) is 0.674. The van der Waals surface area contributed by atoms with Gasteiger partial charge in [-0.25, -0.2) is 4.79 Å². The fourth-order valence-corrected chi connectivity index (χ4v) is 3.63. The first-order valence-corrected chi connectivity index (χ1v) is 13.2. The van der Waals surface area contributed by atoms with Gasteiger partial charge in [0.25, 0.3) is 0 Å². The van der Waals surface area contributed by atoms with E-state index in [0.717, 1.165) is 25.7 Å². The van der Waals surface area contributed by atoms with E-state index in [1.54, 1.807) is 6.07 Å². The van der Waals surface area contributed by atoms with Gasteiger partial charge in [-0.15, -0.1) is 0 Å². The van der Waals surface area contributed by atoms with Gasteiger partial charge in [0, 0.05) is 6.07 Å². The summed E-state index contributed by atoms with van der Waals surface area (Å²) in [6.07, 6.45) is 12.4. The fraction of sp³-hybridized carbons (Fsp3) is 0.469. The average Bonchev–Trinajstić information content (AvgIpc) is 2.80. The van der Waals surface area contributed by atoms with Gasteiger partial charge in [-0.1, -0.05) is 34.4 Å². The molecule has 0 aliphatic rings. The van der Waals surface area contributed by atoms with Crippen molar-refractivity contribution in [1.82, 2.24) is 0 Å². The molecule has 0 aliphatic heterocycles. The molecule has 1 aromatic carbocycles. The van der Waals surface area contributed by atoms with E-state index >= 15 is 0 Å². The number of rotatable bonds is 14. The summed E-state index contributed by atoms with van der Waals surface area (Å²) in [6, 6.07) is 5.44. The van der Waals surface area contributed by atoms with Gasteiger partial charge < -0.3 is 18.6 Å². The van der Waals surface area contributed by atoms with Gasteiger partial charge in [-0.05, 0) is 105 Å². The molecule has 5 heteroatoms. The van der Waals surface area contributed by atoms with E-state index in [1.807, 2.05) is 32.1 Å². The molecule has 0 radical (unpaired) electrons. The van der Waals surface area contributed by atoms with Crippen LogP contribution in [0.1, 0.15) is 81.1 Å². The predicted octanol–water partition coefficient (Wildman–Crippen LogP) is 8.72. The topological polar surface area (TPSA) is 57.9 Å². The predicted molar refractivity (Wildman–Crippen MR) is 154 cm³/mol. The van der Waals surface area contributed by atoms with Crippen LogP contribution in [0.25, 0.3) is 11.0 Å². The first-order chi connectivity index (χ1) is 17.6. The van der Waals surface area contributed by atoms with E-state index in [4.69, 9.17) is 18.6 Å². The van der Waals surface area contributed by atoms with E-state index < -0.39 is 5.63 Å². The van der Waals surface area contributed by atoms with Crippen LogP contribution in [0.3, 0.4) is 0 Å². The van der Waals surface area contributed by atoms with Crippen molar-refractivity contribution in [3.63, 3.8) is 0 Å². The summed E-state index contributed by atoms with van der Waals surface area (Å²) in [5.41, 5.74) is 4.97. The Bertz CT molecular complexity index is 1200. The molecule has 0 atom stereocenters. The Labute approximate surface area is 222 Å². The van der Waals surface area contributed by atoms with Crippen molar-refractivity contribution in [1.29, 1.82) is 0 Å². The standard InChI is InChI=1S/C32H44O5/c1-22(2)11-9-13-25(7)17-19-34-27-15-16-28-29(21-27)37-32(33)31(30(28)36-24(5)6)35-20-18-26(8)14-10-12-23(3)4/h11-12,15-18,21,24H,9-10,13-14,19-20H2,1-8H3/b25-17+,26-18+. The molecule has 0 saturated carbocycles. The summed E-state index contributed by atoms with van der Waals surface area (Å²) in [6.45, 7) is 17.1. The molecule has 202 valence electrons. The molecule has 0 aliphatic carbocycles. The van der Waals surface area contributed by atoms with Crippen molar-refractivity contribution >= 4 is 11.0 Å². The molecule has 37 heavy (non-hydrogen) atoms. The number of allylic oxidation sites excluding steroid dienone is 6. The second-order valence-corrected chi connectivity index (χ2v) is 10.2. The SMILES string of the molecule is CC(C)=CCC/C(C)=C/COc1ccc2c(OC(C)C)c(OC/C=C(\C)CCC=C(C)C)c(=O)oc2c1. The smallest absolute Gasteiger partial charge is 0.383 e. The van der Waals surface area contributed by atoms with E-state index in [2.05, 4.69) is 59.8 Å². The lowest BCUT2D eigenvalue weighted by Crippen LogP contribution is -2.14. The molecule has 0 N–H and O–H groups in total. The Kier molecular flexibility index (Phi) is 12.3. The summed E-state index contributed by atoms with van der Waals surface area (Å²) in [4.78, 5) is 12.9. The first-order valence-electron chi connectivity index (χ1n) is 13.2. The lowest BCUT2D eigenvalue weighted by molar-refractivity contribution is 0.224. The van der Waals surface area contributed by atoms with Crippen LogP contribution in [0.5, 0.6) is 17.2 Å². The van der Waals surface area contributed by atoms with Crippen molar-refractivity contribution in [3.05, 3.63) is 75.2 Å². The molecule has 0 spiro atoms. The molecule has 1 aromatic heterocycles. The largest absolute Gasteiger partial charge is 0.489 e. The van der Waals surface area contributed by atoms with Crippen molar-refractivity contribution in [2.75, 3.05) is 13.2 Å². The minimum Gasteiger partial charge on any atom is -0.489 e. The van der Waals surface area contributed by atoms with Gasteiger partial charge >= 0.3 is 5.63 Å². The maximum atomic E-state index is 12.9. The lowest BCUT2D eigenvalue weighted by Gasteiger charge is -2.16. The second kappa shape index (κ2) is 15.1. The van der Waals surface area contributed by atoms with Crippen LogP contribution in [-0.2, 0) is 0 Å².